The van der Waals surface area contributed by atoms with Gasteiger partial charge in [-0.15, -0.1) is 0 Å². The molecule has 2 heterocycles. The third-order valence-electron chi connectivity index (χ3n) is 5.73. The molecule has 0 radical (unpaired) electrons. The van der Waals surface area contributed by atoms with Crippen molar-refractivity contribution in [3.05, 3.63) is 77.2 Å². The second-order valence-corrected chi connectivity index (χ2v) is 7.72. The molecular formula is C25H28N4O2. The van der Waals surface area contributed by atoms with Crippen LogP contribution < -0.4 is 10.1 Å². The number of hydrogen-bond donors (Lipinski definition) is 2. The van der Waals surface area contributed by atoms with Crippen LogP contribution in [0.3, 0.4) is 0 Å². The van der Waals surface area contributed by atoms with Gasteiger partial charge in [0.15, 0.2) is 0 Å². The van der Waals surface area contributed by atoms with E-state index in [0.29, 0.717) is 19.4 Å². The monoisotopic (exact) mass is 416 g/mol. The molecule has 0 fully saturated rings. The zero-order valence-electron chi connectivity index (χ0n) is 18.2. The molecule has 31 heavy (non-hydrogen) atoms. The lowest BCUT2D eigenvalue weighted by atomic mass is 10.1. The summed E-state index contributed by atoms with van der Waals surface area (Å²) in [6, 6.07) is 16.0. The van der Waals surface area contributed by atoms with Gasteiger partial charge in [0.05, 0.1) is 18.5 Å². The molecule has 4 rings (SSSR count). The summed E-state index contributed by atoms with van der Waals surface area (Å²) in [5.74, 6) is 0.856. The molecule has 4 aromatic rings. The second kappa shape index (κ2) is 9.08. The fraction of sp³-hybridized carbons (Fsp3) is 0.280. The van der Waals surface area contributed by atoms with Crippen LogP contribution in [-0.2, 0) is 17.6 Å². The number of hydrogen-bond acceptors (Lipinski definition) is 3. The Bertz CT molecular complexity index is 1210. The smallest absolute Gasteiger partial charge is 0.220 e. The van der Waals surface area contributed by atoms with E-state index >= 15 is 0 Å². The highest BCUT2D eigenvalue weighted by molar-refractivity contribution is 5.83. The SMILES string of the molecule is COc1cccc(-n2nc(C)c(CCC(=O)NCCc3c[nH]c4ccccc34)c2C)c1. The number of carbonyl (C=O) groups excluding carboxylic acids is 1. The van der Waals surface area contributed by atoms with Crippen molar-refractivity contribution in [2.45, 2.75) is 33.1 Å². The minimum Gasteiger partial charge on any atom is -0.497 e. The lowest BCUT2D eigenvalue weighted by Gasteiger charge is -2.08. The van der Waals surface area contributed by atoms with Crippen LogP contribution in [0, 0.1) is 13.8 Å². The summed E-state index contributed by atoms with van der Waals surface area (Å²) in [5.41, 5.74) is 6.43. The molecule has 0 saturated heterocycles. The van der Waals surface area contributed by atoms with Crippen molar-refractivity contribution in [3.63, 3.8) is 0 Å². The van der Waals surface area contributed by atoms with E-state index in [9.17, 15) is 4.79 Å². The van der Waals surface area contributed by atoms with Gasteiger partial charge in [-0.2, -0.15) is 5.10 Å². The first-order valence-electron chi connectivity index (χ1n) is 10.6. The molecule has 6 nitrogen and oxygen atoms in total. The number of para-hydroxylation sites is 1. The zero-order valence-corrected chi connectivity index (χ0v) is 18.2. The number of H-pyrrole nitrogens is 1. The Kier molecular flexibility index (Phi) is 6.07. The van der Waals surface area contributed by atoms with Crippen molar-refractivity contribution in [2.75, 3.05) is 13.7 Å². The average molecular weight is 417 g/mol. The molecular weight excluding hydrogens is 388 g/mol. The lowest BCUT2D eigenvalue weighted by Crippen LogP contribution is -2.25. The Labute approximate surface area is 182 Å². The summed E-state index contributed by atoms with van der Waals surface area (Å²) in [6.07, 6.45) is 3.94. The maximum atomic E-state index is 12.4. The lowest BCUT2D eigenvalue weighted by molar-refractivity contribution is -0.121. The summed E-state index contributed by atoms with van der Waals surface area (Å²) < 4.78 is 7.24. The molecule has 1 amide bonds. The molecule has 6 heteroatoms. The number of aromatic nitrogens is 3. The summed E-state index contributed by atoms with van der Waals surface area (Å²) in [4.78, 5) is 15.7. The molecule has 2 aromatic carbocycles. The van der Waals surface area contributed by atoms with Gasteiger partial charge < -0.3 is 15.0 Å². The van der Waals surface area contributed by atoms with Crippen LogP contribution in [0.1, 0.15) is 28.9 Å². The highest BCUT2D eigenvalue weighted by Crippen LogP contribution is 2.22. The molecule has 0 aliphatic heterocycles. The largest absolute Gasteiger partial charge is 0.497 e. The summed E-state index contributed by atoms with van der Waals surface area (Å²) in [5, 5.41) is 8.95. The number of rotatable bonds is 8. The average Bonchev–Trinajstić information content (AvgIpc) is 3.33. The van der Waals surface area contributed by atoms with Crippen molar-refractivity contribution in [1.29, 1.82) is 0 Å². The van der Waals surface area contributed by atoms with Gasteiger partial charge in [0, 0.05) is 41.8 Å². The first-order chi connectivity index (χ1) is 15.1. The van der Waals surface area contributed by atoms with E-state index in [1.165, 1.54) is 10.9 Å². The Morgan fingerprint density at radius 1 is 1.13 bits per heavy atom. The number of amides is 1. The van der Waals surface area contributed by atoms with E-state index in [-0.39, 0.29) is 5.91 Å². The van der Waals surface area contributed by atoms with Crippen molar-refractivity contribution in [1.82, 2.24) is 20.1 Å². The molecule has 0 atom stereocenters. The fourth-order valence-electron chi connectivity index (χ4n) is 4.03. The molecule has 0 unspecified atom stereocenters. The number of nitrogens with zero attached hydrogens (tertiary/aromatic N) is 2. The van der Waals surface area contributed by atoms with Crippen LogP contribution in [0.4, 0.5) is 0 Å². The zero-order chi connectivity index (χ0) is 21.8. The van der Waals surface area contributed by atoms with Crippen LogP contribution in [0.25, 0.3) is 16.6 Å². The number of aryl methyl sites for hydroxylation is 1. The second-order valence-electron chi connectivity index (χ2n) is 7.72. The molecule has 0 bridgehead atoms. The minimum absolute atomic E-state index is 0.0628. The normalized spacial score (nSPS) is 11.1. The minimum atomic E-state index is 0.0628. The van der Waals surface area contributed by atoms with E-state index in [1.807, 2.05) is 61.1 Å². The molecule has 0 spiro atoms. The van der Waals surface area contributed by atoms with Gasteiger partial charge in [-0.05, 0) is 56.0 Å². The van der Waals surface area contributed by atoms with Crippen molar-refractivity contribution in [3.8, 4) is 11.4 Å². The number of aromatic amines is 1. The van der Waals surface area contributed by atoms with Crippen LogP contribution in [0.2, 0.25) is 0 Å². The highest BCUT2D eigenvalue weighted by Gasteiger charge is 2.14. The summed E-state index contributed by atoms with van der Waals surface area (Å²) >= 11 is 0. The van der Waals surface area contributed by atoms with Crippen LogP contribution in [0.5, 0.6) is 5.75 Å². The Morgan fingerprint density at radius 2 is 1.97 bits per heavy atom. The Balaban J connectivity index is 1.34. The highest BCUT2D eigenvalue weighted by atomic mass is 16.5. The van der Waals surface area contributed by atoms with Gasteiger partial charge in [0.25, 0.3) is 0 Å². The molecule has 0 aliphatic carbocycles. The van der Waals surface area contributed by atoms with Gasteiger partial charge in [-0.3, -0.25) is 4.79 Å². The van der Waals surface area contributed by atoms with E-state index in [2.05, 4.69) is 27.5 Å². The van der Waals surface area contributed by atoms with Gasteiger partial charge in [-0.1, -0.05) is 24.3 Å². The molecule has 0 saturated carbocycles. The molecule has 160 valence electrons. The third-order valence-corrected chi connectivity index (χ3v) is 5.73. The van der Waals surface area contributed by atoms with Gasteiger partial charge in [0.2, 0.25) is 5.91 Å². The Hall–Kier alpha value is -3.54. The fourth-order valence-corrected chi connectivity index (χ4v) is 4.03. The number of fused-ring (bicyclic) bond motifs is 1. The first-order valence-corrected chi connectivity index (χ1v) is 10.6. The maximum absolute atomic E-state index is 12.4. The topological polar surface area (TPSA) is 71.9 Å². The van der Waals surface area contributed by atoms with Crippen LogP contribution >= 0.6 is 0 Å². The molecule has 2 aromatic heterocycles. The summed E-state index contributed by atoms with van der Waals surface area (Å²) in [6.45, 7) is 4.67. The number of benzene rings is 2. The van der Waals surface area contributed by atoms with Gasteiger partial charge in [-0.25, -0.2) is 4.68 Å². The van der Waals surface area contributed by atoms with E-state index in [4.69, 9.17) is 4.74 Å². The van der Waals surface area contributed by atoms with Crippen molar-refractivity contribution in [2.24, 2.45) is 0 Å². The number of nitrogens with one attached hydrogen (secondary N) is 2. The Morgan fingerprint density at radius 3 is 2.81 bits per heavy atom. The van der Waals surface area contributed by atoms with Gasteiger partial charge in [0.1, 0.15) is 5.75 Å². The molecule has 0 aliphatic rings. The molecule has 2 N–H and O–H groups in total. The van der Waals surface area contributed by atoms with Crippen LogP contribution in [-0.4, -0.2) is 34.3 Å². The number of carbonyl (C=O) groups is 1. The van der Waals surface area contributed by atoms with Gasteiger partial charge >= 0.3 is 0 Å². The number of ether oxygens (including phenoxy) is 1. The van der Waals surface area contributed by atoms with Crippen LogP contribution in [0.15, 0.2) is 54.7 Å². The van der Waals surface area contributed by atoms with E-state index in [0.717, 1.165) is 40.3 Å². The van der Waals surface area contributed by atoms with Crippen molar-refractivity contribution >= 4 is 16.8 Å². The maximum Gasteiger partial charge on any atom is 0.220 e. The van der Waals surface area contributed by atoms with E-state index in [1.54, 1.807) is 7.11 Å². The number of methoxy groups -OCH3 is 1. The quantitative estimate of drug-likeness (QED) is 0.451. The van der Waals surface area contributed by atoms with E-state index < -0.39 is 0 Å². The summed E-state index contributed by atoms with van der Waals surface area (Å²) in [7, 11) is 1.66. The van der Waals surface area contributed by atoms with Crippen molar-refractivity contribution < 1.29 is 9.53 Å². The predicted molar refractivity (Wildman–Crippen MR) is 123 cm³/mol. The first kappa shape index (κ1) is 20.7. The third kappa shape index (κ3) is 4.48. The standard InChI is InChI=1S/C25H28N4O2/c1-17-22(18(2)29(28-17)20-7-6-8-21(15-20)31-3)11-12-25(30)26-14-13-19-16-27-24-10-5-4-9-23(19)24/h4-10,15-16,27H,11-14H2,1-3H3,(H,26,30). The predicted octanol–water partition coefficient (Wildman–Crippen LogP) is 4.27.